The quantitative estimate of drug-likeness (QED) is 0.462. The van der Waals surface area contributed by atoms with E-state index in [0.717, 1.165) is 38.7 Å². The highest BCUT2D eigenvalue weighted by molar-refractivity contribution is 7.15. The van der Waals surface area contributed by atoms with E-state index in [0.29, 0.717) is 21.1 Å². The van der Waals surface area contributed by atoms with Crippen LogP contribution < -0.4 is 10.1 Å². The molecule has 0 radical (unpaired) electrons. The van der Waals surface area contributed by atoms with Gasteiger partial charge in [0.15, 0.2) is 5.76 Å². The number of aromatic amines is 1. The summed E-state index contributed by atoms with van der Waals surface area (Å²) in [4.78, 5) is 21.5. The smallest absolute Gasteiger partial charge is 0.291 e. The minimum atomic E-state index is -0.174. The van der Waals surface area contributed by atoms with Crippen molar-refractivity contribution in [1.29, 1.82) is 0 Å². The highest BCUT2D eigenvalue weighted by Gasteiger charge is 2.19. The molecule has 0 amide bonds. The molecular formula is C23H16N4O2S. The molecule has 146 valence electrons. The number of benzene rings is 2. The third-order valence-electron chi connectivity index (χ3n) is 5.45. The maximum Gasteiger partial charge on any atom is 0.291 e. The van der Waals surface area contributed by atoms with Crippen molar-refractivity contribution in [2.45, 2.75) is 13.8 Å². The van der Waals surface area contributed by atoms with Gasteiger partial charge in [-0.3, -0.25) is 4.79 Å². The number of para-hydroxylation sites is 2. The minimum absolute atomic E-state index is 0.174. The van der Waals surface area contributed by atoms with Crippen LogP contribution in [0, 0.1) is 13.8 Å². The maximum absolute atomic E-state index is 13.0. The summed E-state index contributed by atoms with van der Waals surface area (Å²) in [5, 5.41) is 6.57. The second-order valence-electron chi connectivity index (χ2n) is 7.31. The van der Waals surface area contributed by atoms with Gasteiger partial charge < -0.3 is 9.40 Å². The zero-order valence-electron chi connectivity index (χ0n) is 16.3. The molecule has 0 saturated heterocycles. The third-order valence-corrected chi connectivity index (χ3v) is 6.41. The summed E-state index contributed by atoms with van der Waals surface area (Å²) < 4.78 is 7.92. The Labute approximate surface area is 174 Å². The van der Waals surface area contributed by atoms with Crippen molar-refractivity contribution < 1.29 is 4.42 Å². The van der Waals surface area contributed by atoms with Crippen LogP contribution in [0.3, 0.4) is 0 Å². The van der Waals surface area contributed by atoms with Gasteiger partial charge in [-0.1, -0.05) is 47.7 Å². The van der Waals surface area contributed by atoms with Gasteiger partial charge in [-0.05, 0) is 32.1 Å². The Hall–Kier alpha value is -3.71. The van der Waals surface area contributed by atoms with Gasteiger partial charge in [0.25, 0.3) is 5.56 Å². The Morgan fingerprint density at radius 1 is 1.07 bits per heavy atom. The van der Waals surface area contributed by atoms with Gasteiger partial charge in [-0.2, -0.15) is 9.50 Å². The summed E-state index contributed by atoms with van der Waals surface area (Å²) in [6.45, 7) is 3.99. The van der Waals surface area contributed by atoms with Crippen LogP contribution in [0.1, 0.15) is 16.8 Å². The van der Waals surface area contributed by atoms with Crippen molar-refractivity contribution in [3.63, 3.8) is 0 Å². The van der Waals surface area contributed by atoms with Gasteiger partial charge in [0.2, 0.25) is 10.8 Å². The normalized spacial score (nSPS) is 12.7. The lowest BCUT2D eigenvalue weighted by atomic mass is 10.1. The van der Waals surface area contributed by atoms with E-state index in [-0.39, 0.29) is 5.56 Å². The van der Waals surface area contributed by atoms with Crippen LogP contribution in [0.15, 0.2) is 57.7 Å². The fourth-order valence-corrected chi connectivity index (χ4v) is 4.82. The van der Waals surface area contributed by atoms with E-state index in [2.05, 4.69) is 21.1 Å². The average molecular weight is 412 g/mol. The molecule has 30 heavy (non-hydrogen) atoms. The first-order valence-corrected chi connectivity index (χ1v) is 10.4. The number of nitrogens with zero attached hydrogens (tertiary/aromatic N) is 3. The van der Waals surface area contributed by atoms with Crippen LogP contribution in [0.4, 0.5) is 0 Å². The summed E-state index contributed by atoms with van der Waals surface area (Å²) in [5.74, 6) is 1.03. The zero-order chi connectivity index (χ0) is 20.4. The van der Waals surface area contributed by atoms with Gasteiger partial charge in [-0.15, -0.1) is 5.10 Å². The first-order valence-electron chi connectivity index (χ1n) is 9.57. The molecule has 0 spiro atoms. The van der Waals surface area contributed by atoms with E-state index in [9.17, 15) is 4.79 Å². The molecule has 6 rings (SSSR count). The number of aromatic nitrogens is 4. The van der Waals surface area contributed by atoms with Crippen LogP contribution in [-0.4, -0.2) is 19.6 Å². The number of rotatable bonds is 2. The van der Waals surface area contributed by atoms with Crippen LogP contribution in [0.5, 0.6) is 0 Å². The summed E-state index contributed by atoms with van der Waals surface area (Å²) in [5.41, 5.74) is 4.67. The molecule has 4 aromatic heterocycles. The SMILES string of the molecule is Cc1[nH]c2ccccc2c1/C=c1\sc2nc(-c3oc4ccccc4c3C)nn2c1=O. The lowest BCUT2D eigenvalue weighted by molar-refractivity contribution is 0.622. The molecule has 7 heteroatoms. The summed E-state index contributed by atoms with van der Waals surface area (Å²) >= 11 is 1.33. The zero-order valence-corrected chi connectivity index (χ0v) is 17.1. The molecule has 6 aromatic rings. The van der Waals surface area contributed by atoms with Crippen LogP contribution in [-0.2, 0) is 0 Å². The van der Waals surface area contributed by atoms with E-state index in [1.807, 2.05) is 62.4 Å². The number of hydrogen-bond donors (Lipinski definition) is 1. The van der Waals surface area contributed by atoms with Gasteiger partial charge in [0.05, 0.1) is 4.53 Å². The first-order chi connectivity index (χ1) is 14.6. The lowest BCUT2D eigenvalue weighted by Gasteiger charge is -1.91. The molecule has 2 aromatic carbocycles. The molecule has 0 unspecified atom stereocenters. The second kappa shape index (κ2) is 6.14. The van der Waals surface area contributed by atoms with Crippen molar-refractivity contribution in [2.75, 3.05) is 0 Å². The lowest BCUT2D eigenvalue weighted by Crippen LogP contribution is -2.23. The molecule has 1 N–H and O–H groups in total. The summed E-state index contributed by atoms with van der Waals surface area (Å²) in [6.07, 6.45) is 1.92. The molecule has 4 heterocycles. The van der Waals surface area contributed by atoms with Gasteiger partial charge in [-0.25, -0.2) is 0 Å². The molecule has 0 aliphatic carbocycles. The first kappa shape index (κ1) is 17.2. The van der Waals surface area contributed by atoms with E-state index in [4.69, 9.17) is 4.42 Å². The molecule has 0 aliphatic heterocycles. The van der Waals surface area contributed by atoms with Gasteiger partial charge in [0.1, 0.15) is 5.58 Å². The maximum atomic E-state index is 13.0. The minimum Gasteiger partial charge on any atom is -0.452 e. The average Bonchev–Trinajstić information content (AvgIpc) is 3.47. The second-order valence-corrected chi connectivity index (χ2v) is 8.32. The van der Waals surface area contributed by atoms with Gasteiger partial charge >= 0.3 is 0 Å². The molecule has 0 atom stereocenters. The summed E-state index contributed by atoms with van der Waals surface area (Å²) in [7, 11) is 0. The van der Waals surface area contributed by atoms with E-state index in [1.165, 1.54) is 15.9 Å². The Morgan fingerprint density at radius 2 is 1.83 bits per heavy atom. The number of nitrogens with one attached hydrogen (secondary N) is 1. The highest BCUT2D eigenvalue weighted by Crippen LogP contribution is 2.31. The largest absolute Gasteiger partial charge is 0.452 e. The van der Waals surface area contributed by atoms with Crippen molar-refractivity contribution >= 4 is 44.2 Å². The molecular weight excluding hydrogens is 396 g/mol. The van der Waals surface area contributed by atoms with Gasteiger partial charge in [0, 0.05) is 33.1 Å². The number of hydrogen-bond acceptors (Lipinski definition) is 5. The number of furan rings is 1. The third kappa shape index (κ3) is 2.39. The Balaban J connectivity index is 1.52. The van der Waals surface area contributed by atoms with Crippen molar-refractivity contribution in [3.05, 3.63) is 80.2 Å². The number of thiazole rings is 1. The summed E-state index contributed by atoms with van der Waals surface area (Å²) in [6, 6.07) is 15.9. The van der Waals surface area contributed by atoms with Crippen LogP contribution >= 0.6 is 11.3 Å². The van der Waals surface area contributed by atoms with Crippen molar-refractivity contribution in [2.24, 2.45) is 0 Å². The van der Waals surface area contributed by atoms with E-state index in [1.54, 1.807) is 0 Å². The standard InChI is InChI=1S/C23H16N4O2S/c1-12-14-7-4-6-10-18(14)29-20(12)21-25-23-27(26-21)22(28)19(30-23)11-16-13(2)24-17-9-5-3-8-15(16)17/h3-11,24H,1-2H3/b19-11-. The fourth-order valence-electron chi connectivity index (χ4n) is 3.93. The van der Waals surface area contributed by atoms with E-state index < -0.39 is 0 Å². The molecule has 0 fully saturated rings. The van der Waals surface area contributed by atoms with E-state index >= 15 is 0 Å². The predicted molar refractivity (Wildman–Crippen MR) is 119 cm³/mol. The monoisotopic (exact) mass is 412 g/mol. The number of fused-ring (bicyclic) bond motifs is 3. The topological polar surface area (TPSA) is 76.2 Å². The number of aryl methyl sites for hydroxylation is 2. The Kier molecular flexibility index (Phi) is 3.52. The van der Waals surface area contributed by atoms with Crippen LogP contribution in [0.25, 0.3) is 44.5 Å². The molecule has 0 saturated carbocycles. The Bertz CT molecular complexity index is 1700. The Morgan fingerprint density at radius 3 is 2.63 bits per heavy atom. The van der Waals surface area contributed by atoms with Crippen molar-refractivity contribution in [1.82, 2.24) is 19.6 Å². The predicted octanol–water partition coefficient (Wildman–Crippen LogP) is 4.21. The number of H-pyrrole nitrogens is 1. The van der Waals surface area contributed by atoms with Crippen LogP contribution in [0.2, 0.25) is 0 Å². The molecule has 0 bridgehead atoms. The molecule has 6 nitrogen and oxygen atoms in total. The van der Waals surface area contributed by atoms with Crippen molar-refractivity contribution in [3.8, 4) is 11.6 Å². The molecule has 0 aliphatic rings. The highest BCUT2D eigenvalue weighted by atomic mass is 32.1. The fraction of sp³-hybridized carbons (Fsp3) is 0.0870.